The molecule has 0 aromatic carbocycles. The Morgan fingerprint density at radius 1 is 1.27 bits per heavy atom. The number of nitrogen functional groups attached to an aromatic ring is 1. The lowest BCUT2D eigenvalue weighted by molar-refractivity contribution is 0.0218. The molecule has 2 N–H and O–H groups in total. The van der Waals surface area contributed by atoms with Crippen LogP contribution in [0, 0.1) is 6.92 Å². The lowest BCUT2D eigenvalue weighted by Gasteiger charge is -2.41. The highest BCUT2D eigenvalue weighted by Crippen LogP contribution is 2.30. The molecule has 1 aliphatic heterocycles. The number of aromatic nitrogens is 4. The predicted octanol–water partition coefficient (Wildman–Crippen LogP) is 1.70. The Bertz CT molecular complexity index is 840. The highest BCUT2D eigenvalue weighted by Gasteiger charge is 2.32. The van der Waals surface area contributed by atoms with E-state index in [9.17, 15) is 4.79 Å². The van der Waals surface area contributed by atoms with Crippen LogP contribution in [0.25, 0.3) is 11.0 Å². The molecule has 0 radical (unpaired) electrons. The monoisotopic (exact) mass is 361 g/mol. The van der Waals surface area contributed by atoms with Gasteiger partial charge in [0, 0.05) is 32.7 Å². The Labute approximate surface area is 153 Å². The molecule has 0 spiro atoms. The van der Waals surface area contributed by atoms with E-state index in [4.69, 9.17) is 10.5 Å². The van der Waals surface area contributed by atoms with Crippen molar-refractivity contribution in [2.45, 2.75) is 46.3 Å². The smallest absolute Gasteiger partial charge is 0.410 e. The van der Waals surface area contributed by atoms with Gasteiger partial charge in [-0.2, -0.15) is 15.1 Å². The average Bonchev–Trinajstić information content (AvgIpc) is 2.79. The first-order chi connectivity index (χ1) is 12.1. The van der Waals surface area contributed by atoms with Gasteiger partial charge in [-0.15, -0.1) is 0 Å². The summed E-state index contributed by atoms with van der Waals surface area (Å²) in [6.07, 6.45) is -0.283. The number of ether oxygens (including phenoxy) is 1. The van der Waals surface area contributed by atoms with Crippen LogP contribution in [0.4, 0.5) is 16.6 Å². The molecule has 3 rings (SSSR count). The molecule has 1 amide bonds. The van der Waals surface area contributed by atoms with Crippen molar-refractivity contribution in [2.75, 3.05) is 30.3 Å². The average molecular weight is 361 g/mol. The fourth-order valence-corrected chi connectivity index (χ4v) is 3.31. The molecule has 9 heteroatoms. The third-order valence-electron chi connectivity index (χ3n) is 4.41. The molecule has 0 saturated carbocycles. The van der Waals surface area contributed by atoms with Gasteiger partial charge in [0.1, 0.15) is 11.4 Å². The molecule has 0 unspecified atom stereocenters. The number of carbonyl (C=O) groups is 1. The number of hydrogen-bond acceptors (Lipinski definition) is 7. The van der Waals surface area contributed by atoms with E-state index in [0.29, 0.717) is 25.3 Å². The first-order valence-electron chi connectivity index (χ1n) is 8.78. The van der Waals surface area contributed by atoms with Gasteiger partial charge < -0.3 is 20.3 Å². The summed E-state index contributed by atoms with van der Waals surface area (Å²) in [4.78, 5) is 25.1. The molecular formula is C17H27N7O2. The maximum atomic E-state index is 12.4. The molecule has 1 saturated heterocycles. The molecule has 3 heterocycles. The molecule has 1 fully saturated rings. The third-order valence-corrected chi connectivity index (χ3v) is 4.41. The second-order valence-electron chi connectivity index (χ2n) is 7.78. The van der Waals surface area contributed by atoms with Crippen LogP contribution in [-0.2, 0) is 11.8 Å². The van der Waals surface area contributed by atoms with Crippen LogP contribution in [0.3, 0.4) is 0 Å². The van der Waals surface area contributed by atoms with E-state index in [0.717, 1.165) is 16.9 Å². The quantitative estimate of drug-likeness (QED) is 0.824. The van der Waals surface area contributed by atoms with E-state index >= 15 is 0 Å². The highest BCUT2D eigenvalue weighted by molar-refractivity contribution is 5.91. The third kappa shape index (κ3) is 3.38. The molecule has 0 aliphatic carbocycles. The van der Waals surface area contributed by atoms with E-state index < -0.39 is 5.60 Å². The number of hydrogen-bond donors (Lipinski definition) is 1. The fraction of sp³-hybridized carbons (Fsp3) is 0.647. The summed E-state index contributed by atoms with van der Waals surface area (Å²) in [5.74, 6) is 0.992. The number of aryl methyl sites for hydroxylation is 2. The predicted molar refractivity (Wildman–Crippen MR) is 100 cm³/mol. The van der Waals surface area contributed by atoms with Gasteiger partial charge in [-0.1, -0.05) is 0 Å². The highest BCUT2D eigenvalue weighted by atomic mass is 16.6. The number of rotatable bonds is 1. The SMILES string of the molecule is Cc1nn(C)c2nc(N)nc(N3CCN(C(=O)OC(C)(C)C)C[C@@H]3C)c12. The summed E-state index contributed by atoms with van der Waals surface area (Å²) in [6, 6.07) is 0.0633. The molecule has 142 valence electrons. The largest absolute Gasteiger partial charge is 0.444 e. The molecule has 2 aromatic rings. The lowest BCUT2D eigenvalue weighted by Crippen LogP contribution is -2.55. The van der Waals surface area contributed by atoms with Crippen molar-refractivity contribution in [3.8, 4) is 0 Å². The van der Waals surface area contributed by atoms with Gasteiger partial charge in [0.25, 0.3) is 0 Å². The van der Waals surface area contributed by atoms with E-state index in [1.54, 1.807) is 9.58 Å². The van der Waals surface area contributed by atoms with Crippen LogP contribution in [0.2, 0.25) is 0 Å². The Kier molecular flexibility index (Phi) is 4.41. The van der Waals surface area contributed by atoms with E-state index in [-0.39, 0.29) is 18.1 Å². The Balaban J connectivity index is 1.87. The minimum Gasteiger partial charge on any atom is -0.444 e. The maximum absolute atomic E-state index is 12.4. The van der Waals surface area contributed by atoms with Crippen molar-refractivity contribution in [1.82, 2.24) is 24.6 Å². The van der Waals surface area contributed by atoms with Gasteiger partial charge in [-0.05, 0) is 34.6 Å². The Morgan fingerprint density at radius 3 is 2.58 bits per heavy atom. The summed E-state index contributed by atoms with van der Waals surface area (Å²) >= 11 is 0. The topological polar surface area (TPSA) is 102 Å². The van der Waals surface area contributed by atoms with Crippen LogP contribution >= 0.6 is 0 Å². The van der Waals surface area contributed by atoms with E-state index in [1.807, 2.05) is 34.7 Å². The van der Waals surface area contributed by atoms with Gasteiger partial charge in [-0.25, -0.2) is 9.48 Å². The Morgan fingerprint density at radius 2 is 1.96 bits per heavy atom. The number of amides is 1. The second kappa shape index (κ2) is 6.30. The summed E-state index contributed by atoms with van der Waals surface area (Å²) < 4.78 is 7.20. The van der Waals surface area contributed by atoms with Crippen molar-refractivity contribution in [2.24, 2.45) is 7.05 Å². The van der Waals surface area contributed by atoms with Gasteiger partial charge in [0.15, 0.2) is 5.65 Å². The van der Waals surface area contributed by atoms with E-state index in [2.05, 4.69) is 26.9 Å². The first kappa shape index (κ1) is 18.2. The van der Waals surface area contributed by atoms with Crippen molar-refractivity contribution in [3.05, 3.63) is 5.69 Å². The summed E-state index contributed by atoms with van der Waals surface area (Å²) in [7, 11) is 1.84. The minimum absolute atomic E-state index is 0.0633. The zero-order chi connectivity index (χ0) is 19.2. The number of nitrogens with zero attached hydrogens (tertiary/aromatic N) is 6. The van der Waals surface area contributed by atoms with Gasteiger partial charge in [0.05, 0.1) is 11.1 Å². The summed E-state index contributed by atoms with van der Waals surface area (Å²) in [5.41, 5.74) is 7.00. The normalized spacial score (nSPS) is 18.5. The summed E-state index contributed by atoms with van der Waals surface area (Å²) in [6.45, 7) is 11.4. The lowest BCUT2D eigenvalue weighted by atomic mass is 10.1. The zero-order valence-corrected chi connectivity index (χ0v) is 16.3. The number of carbonyl (C=O) groups excluding carboxylic acids is 1. The van der Waals surface area contributed by atoms with Crippen LogP contribution in [0.5, 0.6) is 0 Å². The van der Waals surface area contributed by atoms with Crippen LogP contribution in [-0.4, -0.2) is 62.0 Å². The fourth-order valence-electron chi connectivity index (χ4n) is 3.31. The van der Waals surface area contributed by atoms with Crippen LogP contribution in [0.15, 0.2) is 0 Å². The van der Waals surface area contributed by atoms with Gasteiger partial charge >= 0.3 is 6.09 Å². The Hall–Kier alpha value is -2.58. The summed E-state index contributed by atoms with van der Waals surface area (Å²) in [5, 5.41) is 5.34. The minimum atomic E-state index is -0.502. The van der Waals surface area contributed by atoms with Gasteiger partial charge in [0.2, 0.25) is 5.95 Å². The molecule has 1 atom stereocenters. The first-order valence-corrected chi connectivity index (χ1v) is 8.78. The number of nitrogens with two attached hydrogens (primary N) is 1. The standard InChI is InChI=1S/C17H27N7O2/c1-10-9-23(16(25)26-17(3,4)5)7-8-24(10)14-12-11(2)21-22(6)13(12)19-15(18)20-14/h10H,7-9H2,1-6H3,(H2,18,19,20)/t10-/m0/s1. The molecule has 1 aliphatic rings. The number of anilines is 2. The molecular weight excluding hydrogens is 334 g/mol. The van der Waals surface area contributed by atoms with Crippen LogP contribution < -0.4 is 10.6 Å². The van der Waals surface area contributed by atoms with Crippen LogP contribution in [0.1, 0.15) is 33.4 Å². The van der Waals surface area contributed by atoms with E-state index in [1.165, 1.54) is 0 Å². The molecule has 26 heavy (non-hydrogen) atoms. The maximum Gasteiger partial charge on any atom is 0.410 e. The zero-order valence-electron chi connectivity index (χ0n) is 16.3. The number of fused-ring (bicyclic) bond motifs is 1. The van der Waals surface area contributed by atoms with Gasteiger partial charge in [-0.3, -0.25) is 0 Å². The second-order valence-corrected chi connectivity index (χ2v) is 7.78. The van der Waals surface area contributed by atoms with Crippen molar-refractivity contribution in [3.63, 3.8) is 0 Å². The number of piperazine rings is 1. The molecule has 2 aromatic heterocycles. The van der Waals surface area contributed by atoms with Crippen molar-refractivity contribution < 1.29 is 9.53 Å². The van der Waals surface area contributed by atoms with Crippen molar-refractivity contribution in [1.29, 1.82) is 0 Å². The van der Waals surface area contributed by atoms with Crippen molar-refractivity contribution >= 4 is 28.9 Å². The molecule has 9 nitrogen and oxygen atoms in total. The molecule has 0 bridgehead atoms.